The van der Waals surface area contributed by atoms with Gasteiger partial charge >= 0.3 is 8.56 Å². The van der Waals surface area contributed by atoms with E-state index in [0.29, 0.717) is 0 Å². The molecule has 0 saturated heterocycles. The molecule has 0 fully saturated rings. The van der Waals surface area contributed by atoms with E-state index in [1.54, 1.807) is 7.11 Å². The van der Waals surface area contributed by atoms with Crippen molar-refractivity contribution in [1.29, 1.82) is 0 Å². The highest BCUT2D eigenvalue weighted by atomic mass is 28.4. The molecule has 0 bridgehead atoms. The third kappa shape index (κ3) is 3.25. The summed E-state index contributed by atoms with van der Waals surface area (Å²) < 4.78 is 11.2. The lowest BCUT2D eigenvalue weighted by molar-refractivity contribution is 0.152. The average molecular weight is 210 g/mol. The third-order valence-corrected chi connectivity index (χ3v) is 4.13. The second kappa shape index (κ2) is 4.73. The van der Waals surface area contributed by atoms with E-state index in [1.807, 2.05) is 31.3 Å². The molecule has 1 atom stereocenters. The minimum Gasteiger partial charge on any atom is -0.398 e. The van der Waals surface area contributed by atoms with Gasteiger partial charge in [-0.05, 0) is 25.6 Å². The average Bonchev–Trinajstić information content (AvgIpc) is 2.19. The van der Waals surface area contributed by atoms with Crippen LogP contribution in [0.2, 0.25) is 13.1 Å². The van der Waals surface area contributed by atoms with Gasteiger partial charge in [-0.25, -0.2) is 0 Å². The first-order chi connectivity index (χ1) is 6.55. The number of rotatable bonds is 4. The molecule has 2 nitrogen and oxygen atoms in total. The lowest BCUT2D eigenvalue weighted by atomic mass is 10.1. The quantitative estimate of drug-likeness (QED) is 0.711. The van der Waals surface area contributed by atoms with Crippen molar-refractivity contribution >= 4 is 8.56 Å². The van der Waals surface area contributed by atoms with Crippen LogP contribution in [-0.2, 0) is 8.85 Å². The van der Waals surface area contributed by atoms with Crippen molar-refractivity contribution in [2.45, 2.75) is 26.1 Å². The van der Waals surface area contributed by atoms with Crippen LogP contribution in [0.3, 0.4) is 0 Å². The summed E-state index contributed by atoms with van der Waals surface area (Å²) in [5, 5.41) is 0. The molecule has 0 saturated carbocycles. The van der Waals surface area contributed by atoms with Crippen molar-refractivity contribution in [3.63, 3.8) is 0 Å². The Balaban J connectivity index is 2.64. The number of hydrogen-bond acceptors (Lipinski definition) is 2. The van der Waals surface area contributed by atoms with Gasteiger partial charge in [0, 0.05) is 7.11 Å². The first-order valence-electron chi connectivity index (χ1n) is 4.83. The van der Waals surface area contributed by atoms with Crippen molar-refractivity contribution in [2.24, 2.45) is 0 Å². The molecular weight excluding hydrogens is 192 g/mol. The molecule has 1 unspecified atom stereocenters. The van der Waals surface area contributed by atoms with Crippen LogP contribution in [-0.4, -0.2) is 15.7 Å². The minimum absolute atomic E-state index is 0.109. The summed E-state index contributed by atoms with van der Waals surface area (Å²) in [6.07, 6.45) is 0.109. The summed E-state index contributed by atoms with van der Waals surface area (Å²) in [6, 6.07) is 10.2. The smallest absolute Gasteiger partial charge is 0.331 e. The van der Waals surface area contributed by atoms with Crippen molar-refractivity contribution in [1.82, 2.24) is 0 Å². The van der Waals surface area contributed by atoms with E-state index in [0.717, 1.165) is 0 Å². The number of benzene rings is 1. The Morgan fingerprint density at radius 2 is 1.71 bits per heavy atom. The normalized spacial score (nSPS) is 14.0. The van der Waals surface area contributed by atoms with Crippen molar-refractivity contribution in [3.8, 4) is 0 Å². The lowest BCUT2D eigenvalue weighted by Crippen LogP contribution is -2.34. The zero-order valence-corrected chi connectivity index (χ0v) is 10.3. The van der Waals surface area contributed by atoms with Gasteiger partial charge < -0.3 is 8.85 Å². The van der Waals surface area contributed by atoms with Crippen molar-refractivity contribution < 1.29 is 8.85 Å². The van der Waals surface area contributed by atoms with Gasteiger partial charge in [0.2, 0.25) is 0 Å². The van der Waals surface area contributed by atoms with Crippen LogP contribution in [0, 0.1) is 0 Å². The second-order valence-electron chi connectivity index (χ2n) is 3.77. The summed E-state index contributed by atoms with van der Waals surface area (Å²) in [6.45, 7) is 6.15. The molecule has 0 aliphatic carbocycles. The summed E-state index contributed by atoms with van der Waals surface area (Å²) in [5.41, 5.74) is 1.20. The Labute approximate surface area is 87.1 Å². The van der Waals surface area contributed by atoms with Crippen LogP contribution in [0.4, 0.5) is 0 Å². The van der Waals surface area contributed by atoms with Gasteiger partial charge in [0.15, 0.2) is 0 Å². The molecule has 0 aliphatic rings. The van der Waals surface area contributed by atoms with Crippen LogP contribution in [0.1, 0.15) is 18.6 Å². The summed E-state index contributed by atoms with van der Waals surface area (Å²) in [5.74, 6) is 0. The van der Waals surface area contributed by atoms with E-state index in [-0.39, 0.29) is 6.10 Å². The highest BCUT2D eigenvalue weighted by Crippen LogP contribution is 2.21. The fraction of sp³-hybridized carbons (Fsp3) is 0.455. The van der Waals surface area contributed by atoms with E-state index in [4.69, 9.17) is 8.85 Å². The lowest BCUT2D eigenvalue weighted by Gasteiger charge is -2.25. The minimum atomic E-state index is -1.92. The van der Waals surface area contributed by atoms with Gasteiger partial charge in [0.1, 0.15) is 0 Å². The summed E-state index contributed by atoms with van der Waals surface area (Å²) in [4.78, 5) is 0. The Morgan fingerprint density at radius 1 is 1.14 bits per heavy atom. The predicted molar refractivity (Wildman–Crippen MR) is 60.4 cm³/mol. The highest BCUT2D eigenvalue weighted by molar-refractivity contribution is 6.64. The van der Waals surface area contributed by atoms with Crippen molar-refractivity contribution in [2.75, 3.05) is 7.11 Å². The molecule has 0 aromatic heterocycles. The van der Waals surface area contributed by atoms with E-state index in [2.05, 4.69) is 19.1 Å². The Hall–Kier alpha value is -0.643. The van der Waals surface area contributed by atoms with Crippen LogP contribution in [0.5, 0.6) is 0 Å². The van der Waals surface area contributed by atoms with Gasteiger partial charge in [-0.1, -0.05) is 30.3 Å². The molecule has 78 valence electrons. The highest BCUT2D eigenvalue weighted by Gasteiger charge is 2.25. The topological polar surface area (TPSA) is 18.5 Å². The van der Waals surface area contributed by atoms with Crippen LogP contribution in [0.15, 0.2) is 30.3 Å². The summed E-state index contributed by atoms with van der Waals surface area (Å²) >= 11 is 0. The molecule has 0 heterocycles. The maximum atomic E-state index is 5.89. The van der Waals surface area contributed by atoms with Crippen LogP contribution >= 0.6 is 0 Å². The van der Waals surface area contributed by atoms with Crippen LogP contribution in [0.25, 0.3) is 0 Å². The van der Waals surface area contributed by atoms with E-state index >= 15 is 0 Å². The molecule has 14 heavy (non-hydrogen) atoms. The van der Waals surface area contributed by atoms with Gasteiger partial charge in [-0.15, -0.1) is 0 Å². The molecule has 1 aromatic carbocycles. The van der Waals surface area contributed by atoms with E-state index < -0.39 is 8.56 Å². The van der Waals surface area contributed by atoms with Gasteiger partial charge in [0.05, 0.1) is 6.10 Å². The van der Waals surface area contributed by atoms with Gasteiger partial charge in [-0.2, -0.15) is 0 Å². The van der Waals surface area contributed by atoms with E-state index in [9.17, 15) is 0 Å². The van der Waals surface area contributed by atoms with Gasteiger partial charge in [-0.3, -0.25) is 0 Å². The number of hydrogen-bond donors (Lipinski definition) is 0. The summed E-state index contributed by atoms with van der Waals surface area (Å²) in [7, 11) is -0.211. The second-order valence-corrected chi connectivity index (χ2v) is 7.22. The molecule has 0 amide bonds. The molecule has 1 rings (SSSR count). The first kappa shape index (κ1) is 11.4. The zero-order chi connectivity index (χ0) is 10.6. The van der Waals surface area contributed by atoms with Crippen LogP contribution < -0.4 is 0 Å². The molecule has 0 radical (unpaired) electrons. The van der Waals surface area contributed by atoms with E-state index in [1.165, 1.54) is 5.56 Å². The molecule has 0 aliphatic heterocycles. The first-order valence-corrected chi connectivity index (χ1v) is 7.65. The standard InChI is InChI=1S/C11H18O2Si/c1-10(13-14(3,4)12-2)11-8-6-5-7-9-11/h5-10H,1-4H3. The SMILES string of the molecule is CO[Si](C)(C)OC(C)c1ccccc1. The molecule has 0 N–H and O–H groups in total. The molecule has 3 heteroatoms. The fourth-order valence-corrected chi connectivity index (χ4v) is 2.35. The maximum absolute atomic E-state index is 5.89. The monoisotopic (exact) mass is 210 g/mol. The maximum Gasteiger partial charge on any atom is 0.331 e. The fourth-order valence-electron chi connectivity index (χ4n) is 1.27. The Kier molecular flexibility index (Phi) is 3.86. The molecular formula is C11H18O2Si. The molecule has 1 aromatic rings. The predicted octanol–water partition coefficient (Wildman–Crippen LogP) is 3.11. The largest absolute Gasteiger partial charge is 0.398 e. The zero-order valence-electron chi connectivity index (χ0n) is 9.28. The molecule has 0 spiro atoms. The van der Waals surface area contributed by atoms with Crippen molar-refractivity contribution in [3.05, 3.63) is 35.9 Å². The third-order valence-electron chi connectivity index (χ3n) is 2.22. The van der Waals surface area contributed by atoms with Gasteiger partial charge in [0.25, 0.3) is 0 Å². The Morgan fingerprint density at radius 3 is 2.21 bits per heavy atom. The Bertz CT molecular complexity index is 272.